The zero-order valence-corrected chi connectivity index (χ0v) is 19.8. The second-order valence-electron chi connectivity index (χ2n) is 9.63. The third-order valence-electron chi connectivity index (χ3n) is 7.56. The number of anilines is 1. The molecule has 1 saturated carbocycles. The number of aryl methyl sites for hydroxylation is 1. The van der Waals surface area contributed by atoms with Crippen molar-refractivity contribution in [2.75, 3.05) is 18.0 Å². The van der Waals surface area contributed by atoms with Gasteiger partial charge in [0, 0.05) is 43.8 Å². The molecule has 1 saturated heterocycles. The third-order valence-corrected chi connectivity index (χ3v) is 7.56. The van der Waals surface area contributed by atoms with Gasteiger partial charge in [0.05, 0.1) is 11.6 Å². The van der Waals surface area contributed by atoms with Gasteiger partial charge >= 0.3 is 0 Å². The molecule has 1 aliphatic heterocycles. The molecule has 1 aliphatic carbocycles. The Morgan fingerprint density at radius 3 is 2.81 bits per heavy atom. The van der Waals surface area contributed by atoms with Gasteiger partial charge in [-0.25, -0.2) is 9.37 Å². The van der Waals surface area contributed by atoms with Gasteiger partial charge in [0.15, 0.2) is 12.0 Å². The van der Waals surface area contributed by atoms with Crippen molar-refractivity contribution < 1.29 is 18.3 Å². The number of piperidine rings is 1. The number of ether oxygens (including phenoxy) is 1. The predicted octanol–water partition coefficient (Wildman–Crippen LogP) is 4.74. The van der Waals surface area contributed by atoms with Gasteiger partial charge in [-0.05, 0) is 42.9 Å². The maximum atomic E-state index is 14.2. The van der Waals surface area contributed by atoms with Crippen LogP contribution in [0.1, 0.15) is 52.7 Å². The summed E-state index contributed by atoms with van der Waals surface area (Å²) < 4.78 is 27.5. The average Bonchev–Trinajstić information content (AvgIpc) is 3.27. The molecule has 1 atom stereocenters. The van der Waals surface area contributed by atoms with Crippen molar-refractivity contribution in [2.24, 2.45) is 12.5 Å². The monoisotopic (exact) mass is 485 g/mol. The van der Waals surface area contributed by atoms with Crippen LogP contribution in [-0.4, -0.2) is 33.9 Å². The molecule has 1 spiro atoms. The lowest BCUT2D eigenvalue weighted by molar-refractivity contribution is 0.110. The largest absolute Gasteiger partial charge is 0.473 e. The molecule has 2 fully saturated rings. The minimum atomic E-state index is -0.463. The topological polar surface area (TPSA) is 97.2 Å². The van der Waals surface area contributed by atoms with Crippen LogP contribution in [0.3, 0.4) is 0 Å². The minimum Gasteiger partial charge on any atom is -0.473 e. The van der Waals surface area contributed by atoms with Crippen molar-refractivity contribution in [3.63, 3.8) is 0 Å². The summed E-state index contributed by atoms with van der Waals surface area (Å²) in [7, 11) is 1.95. The fourth-order valence-corrected chi connectivity index (χ4v) is 5.37. The highest BCUT2D eigenvalue weighted by atomic mass is 19.1. The summed E-state index contributed by atoms with van der Waals surface area (Å²) in [5.74, 6) is 2.53. The first kappa shape index (κ1) is 22.3. The number of hydrogen-bond acceptors (Lipinski definition) is 7. The normalized spacial score (nSPS) is 18.4. The van der Waals surface area contributed by atoms with Crippen LogP contribution in [0.2, 0.25) is 0 Å². The number of nitriles is 1. The van der Waals surface area contributed by atoms with Crippen molar-refractivity contribution in [3.8, 4) is 11.9 Å². The fourth-order valence-electron chi connectivity index (χ4n) is 5.37. The molecule has 9 heteroatoms. The summed E-state index contributed by atoms with van der Waals surface area (Å²) in [6.07, 6.45) is 3.88. The molecule has 0 amide bonds. The molecule has 182 valence electrons. The van der Waals surface area contributed by atoms with Gasteiger partial charge in [0.2, 0.25) is 11.6 Å². The lowest BCUT2D eigenvalue weighted by atomic mass is 9.90. The van der Waals surface area contributed by atoms with Crippen LogP contribution < -0.4 is 9.64 Å². The Kier molecular flexibility index (Phi) is 5.25. The van der Waals surface area contributed by atoms with Crippen LogP contribution >= 0.6 is 0 Å². The Bertz CT molecular complexity index is 1510. The smallest absolute Gasteiger partial charge is 0.227 e. The van der Waals surface area contributed by atoms with E-state index in [4.69, 9.17) is 19.4 Å². The molecule has 2 aliphatic rings. The zero-order chi connectivity index (χ0) is 24.9. The maximum Gasteiger partial charge on any atom is 0.227 e. The number of benzene rings is 1. The van der Waals surface area contributed by atoms with E-state index in [1.807, 2.05) is 29.8 Å². The summed E-state index contributed by atoms with van der Waals surface area (Å²) in [4.78, 5) is 22.7. The fraction of sp³-hybridized carbons (Fsp3) is 0.333. The average molecular weight is 486 g/mol. The number of aromatic nitrogens is 3. The molecule has 36 heavy (non-hydrogen) atoms. The number of aldehydes is 1. The lowest BCUT2D eigenvalue weighted by Crippen LogP contribution is -2.35. The van der Waals surface area contributed by atoms with Crippen molar-refractivity contribution >= 4 is 23.3 Å². The number of carbonyl (C=O) groups is 1. The molecular formula is C27H24FN5O3. The van der Waals surface area contributed by atoms with E-state index in [9.17, 15) is 9.18 Å². The number of furan rings is 1. The van der Waals surface area contributed by atoms with Crippen molar-refractivity contribution in [1.29, 1.82) is 5.26 Å². The molecular weight excluding hydrogens is 461 g/mol. The van der Waals surface area contributed by atoms with Gasteiger partial charge in [-0.3, -0.25) is 4.79 Å². The van der Waals surface area contributed by atoms with Crippen LogP contribution in [0.25, 0.3) is 11.2 Å². The molecule has 3 aromatic heterocycles. The van der Waals surface area contributed by atoms with Crippen LogP contribution in [0.5, 0.6) is 5.88 Å². The van der Waals surface area contributed by atoms with E-state index in [1.54, 1.807) is 24.3 Å². The SMILES string of the molecule is Cn1c(C2CC23CCN(c2cccc(OCc4ccc(C#N)cc4F)n2)CC3)nc2cc(C=O)oc21. The highest BCUT2D eigenvalue weighted by Gasteiger charge is 2.57. The zero-order valence-electron chi connectivity index (χ0n) is 19.8. The third kappa shape index (κ3) is 3.79. The molecule has 4 aromatic rings. The van der Waals surface area contributed by atoms with Crippen molar-refractivity contribution in [1.82, 2.24) is 14.5 Å². The lowest BCUT2D eigenvalue weighted by Gasteiger charge is -2.33. The number of pyridine rings is 1. The minimum absolute atomic E-state index is 0.0413. The molecule has 1 unspecified atom stereocenters. The Morgan fingerprint density at radius 2 is 2.08 bits per heavy atom. The maximum absolute atomic E-state index is 14.2. The molecule has 0 N–H and O–H groups in total. The molecule has 0 radical (unpaired) electrons. The first-order chi connectivity index (χ1) is 17.5. The second kappa shape index (κ2) is 8.48. The molecule has 1 aromatic carbocycles. The number of halogens is 1. The van der Waals surface area contributed by atoms with E-state index in [-0.39, 0.29) is 17.6 Å². The Morgan fingerprint density at radius 1 is 1.25 bits per heavy atom. The first-order valence-corrected chi connectivity index (χ1v) is 11.9. The van der Waals surface area contributed by atoms with Gasteiger partial charge in [-0.15, -0.1) is 0 Å². The van der Waals surface area contributed by atoms with Gasteiger partial charge in [0.1, 0.15) is 29.6 Å². The highest BCUT2D eigenvalue weighted by Crippen LogP contribution is 2.64. The predicted molar refractivity (Wildman–Crippen MR) is 129 cm³/mol. The quantitative estimate of drug-likeness (QED) is 0.364. The number of hydrogen-bond donors (Lipinski definition) is 0. The Balaban J connectivity index is 1.09. The number of nitrogens with zero attached hydrogens (tertiary/aromatic N) is 5. The first-order valence-electron chi connectivity index (χ1n) is 11.9. The summed E-state index contributed by atoms with van der Waals surface area (Å²) >= 11 is 0. The van der Waals surface area contributed by atoms with Crippen LogP contribution in [0, 0.1) is 22.6 Å². The van der Waals surface area contributed by atoms with Gasteiger partial charge in [-0.2, -0.15) is 10.2 Å². The standard InChI is InChI=1S/C27H24FN5O3/c1-32-25(30-22-12-19(15-34)36-26(22)32)20-13-27(20)7-9-33(10-8-27)23-3-2-4-24(31-23)35-16-18-6-5-17(14-29)11-21(18)28/h2-6,11-12,15,20H,7-10,13,16H2,1H3. The molecule has 0 bridgehead atoms. The van der Waals surface area contributed by atoms with Crippen LogP contribution in [0.15, 0.2) is 46.9 Å². The molecule has 8 nitrogen and oxygen atoms in total. The van der Waals surface area contributed by atoms with Crippen molar-refractivity contribution in [2.45, 2.75) is 31.8 Å². The van der Waals surface area contributed by atoms with E-state index in [1.165, 1.54) is 6.07 Å². The number of imidazole rings is 1. The van der Waals surface area contributed by atoms with Crippen LogP contribution in [-0.2, 0) is 13.7 Å². The van der Waals surface area contributed by atoms with Gasteiger partial charge < -0.3 is 18.6 Å². The molecule has 4 heterocycles. The number of fused-ring (bicyclic) bond motifs is 1. The Hall–Kier alpha value is -4.19. The van der Waals surface area contributed by atoms with E-state index in [0.717, 1.165) is 49.5 Å². The summed E-state index contributed by atoms with van der Waals surface area (Å²) in [6.45, 7) is 1.81. The van der Waals surface area contributed by atoms with E-state index < -0.39 is 5.82 Å². The summed E-state index contributed by atoms with van der Waals surface area (Å²) in [5, 5.41) is 8.89. The second-order valence-corrected chi connectivity index (χ2v) is 9.63. The molecule has 6 rings (SSSR count). The van der Waals surface area contributed by atoms with E-state index >= 15 is 0 Å². The Labute approximate surface area is 206 Å². The van der Waals surface area contributed by atoms with Gasteiger partial charge in [-0.1, -0.05) is 12.1 Å². The summed E-state index contributed by atoms with van der Waals surface area (Å²) in [6, 6.07) is 13.6. The van der Waals surface area contributed by atoms with E-state index in [2.05, 4.69) is 9.88 Å². The number of carbonyl (C=O) groups excluding carboxylic acids is 1. The van der Waals surface area contributed by atoms with Gasteiger partial charge in [0.25, 0.3) is 0 Å². The van der Waals surface area contributed by atoms with Crippen LogP contribution in [0.4, 0.5) is 10.2 Å². The van der Waals surface area contributed by atoms with Crippen molar-refractivity contribution in [3.05, 3.63) is 71.0 Å². The number of rotatable bonds is 6. The summed E-state index contributed by atoms with van der Waals surface area (Å²) in [5.41, 5.74) is 2.28. The van der Waals surface area contributed by atoms with E-state index in [0.29, 0.717) is 35.1 Å². The highest BCUT2D eigenvalue weighted by molar-refractivity contribution is 5.81.